The van der Waals surface area contributed by atoms with Crippen LogP contribution in [0.4, 0.5) is 13.2 Å². The molecule has 2 saturated heterocycles. The maximum absolute atomic E-state index is 12.8. The van der Waals surface area contributed by atoms with Crippen molar-refractivity contribution >= 4 is 23.2 Å². The van der Waals surface area contributed by atoms with Crippen LogP contribution in [0, 0.1) is 0 Å². The van der Waals surface area contributed by atoms with Crippen molar-refractivity contribution < 1.29 is 27.5 Å². The first-order valence-electron chi connectivity index (χ1n) is 11.2. The van der Waals surface area contributed by atoms with E-state index in [4.69, 9.17) is 0 Å². The number of ether oxygens (including phenoxy) is 1. The van der Waals surface area contributed by atoms with Crippen LogP contribution in [0.1, 0.15) is 15.2 Å². The van der Waals surface area contributed by atoms with Crippen LogP contribution in [0.2, 0.25) is 0 Å². The van der Waals surface area contributed by atoms with Crippen LogP contribution in [-0.2, 0) is 11.3 Å². The molecule has 184 valence electrons. The number of carbonyl (C=O) groups is 2. The predicted molar refractivity (Wildman–Crippen MR) is 122 cm³/mol. The van der Waals surface area contributed by atoms with Gasteiger partial charge in [0.2, 0.25) is 5.91 Å². The zero-order valence-electron chi connectivity index (χ0n) is 18.7. The molecule has 2 aromatic rings. The van der Waals surface area contributed by atoms with Gasteiger partial charge in [0.15, 0.2) is 0 Å². The Hall–Kier alpha value is -2.63. The monoisotopic (exact) mass is 496 g/mol. The maximum atomic E-state index is 12.8. The molecule has 2 aliphatic heterocycles. The number of hydrogen-bond acceptors (Lipinski definition) is 6. The minimum atomic E-state index is -4.69. The first kappa shape index (κ1) is 24.5. The molecule has 0 unspecified atom stereocenters. The molecule has 0 radical (unpaired) electrons. The number of thiophene rings is 1. The second kappa shape index (κ2) is 10.7. The number of nitrogens with zero attached hydrogens (tertiary/aromatic N) is 4. The summed E-state index contributed by atoms with van der Waals surface area (Å²) in [6, 6.07) is 9.61. The largest absolute Gasteiger partial charge is 0.573 e. The molecule has 2 aliphatic rings. The standard InChI is InChI=1S/C23H27F3N4O3S/c24-23(25,26)33-19-5-3-18(4-6-19)16-27-7-9-28(10-8-27)17-21(31)29-11-13-30(14-12-29)22(32)20-2-1-15-34-20/h1-6,15H,7-14,16-17H2. The van der Waals surface area contributed by atoms with Gasteiger partial charge in [0, 0.05) is 58.9 Å². The van der Waals surface area contributed by atoms with Crippen molar-refractivity contribution in [2.45, 2.75) is 12.9 Å². The van der Waals surface area contributed by atoms with Gasteiger partial charge in [-0.25, -0.2) is 0 Å². The quantitative estimate of drug-likeness (QED) is 0.616. The van der Waals surface area contributed by atoms with Crippen molar-refractivity contribution in [2.24, 2.45) is 0 Å². The van der Waals surface area contributed by atoms with Gasteiger partial charge in [-0.15, -0.1) is 24.5 Å². The van der Waals surface area contributed by atoms with E-state index >= 15 is 0 Å². The highest BCUT2D eigenvalue weighted by atomic mass is 32.1. The summed E-state index contributed by atoms with van der Waals surface area (Å²) in [5.74, 6) is -0.117. The number of rotatable bonds is 6. The van der Waals surface area contributed by atoms with Crippen molar-refractivity contribution in [1.82, 2.24) is 19.6 Å². The number of benzene rings is 1. The molecule has 0 bridgehead atoms. The lowest BCUT2D eigenvalue weighted by Gasteiger charge is -2.38. The predicted octanol–water partition coefficient (Wildman–Crippen LogP) is 2.75. The number of amides is 2. The lowest BCUT2D eigenvalue weighted by atomic mass is 10.2. The minimum Gasteiger partial charge on any atom is -0.406 e. The fourth-order valence-corrected chi connectivity index (χ4v) is 4.86. The summed E-state index contributed by atoms with van der Waals surface area (Å²) in [5, 5.41) is 1.88. The number of alkyl halides is 3. The first-order valence-corrected chi connectivity index (χ1v) is 12.0. The van der Waals surface area contributed by atoms with E-state index in [-0.39, 0.29) is 17.6 Å². The zero-order valence-corrected chi connectivity index (χ0v) is 19.5. The smallest absolute Gasteiger partial charge is 0.406 e. The molecule has 11 heteroatoms. The van der Waals surface area contributed by atoms with Gasteiger partial charge < -0.3 is 14.5 Å². The molecule has 0 N–H and O–H groups in total. The summed E-state index contributed by atoms with van der Waals surface area (Å²) >= 11 is 1.43. The molecule has 2 amide bonds. The van der Waals surface area contributed by atoms with E-state index in [1.165, 1.54) is 23.5 Å². The molecular weight excluding hydrogens is 469 g/mol. The summed E-state index contributed by atoms with van der Waals surface area (Å²) in [7, 11) is 0. The van der Waals surface area contributed by atoms with Gasteiger partial charge in [0.25, 0.3) is 5.91 Å². The molecule has 0 atom stereocenters. The van der Waals surface area contributed by atoms with Crippen LogP contribution in [0.25, 0.3) is 0 Å². The SMILES string of the molecule is O=C(CN1CCN(Cc2ccc(OC(F)(F)F)cc2)CC1)N1CCN(C(=O)c2cccs2)CC1. The third kappa shape index (κ3) is 6.71. The number of carbonyl (C=O) groups excluding carboxylic acids is 2. The number of hydrogen-bond donors (Lipinski definition) is 0. The van der Waals surface area contributed by atoms with E-state index in [1.54, 1.807) is 17.0 Å². The highest BCUT2D eigenvalue weighted by Gasteiger charge is 2.31. The summed E-state index contributed by atoms with van der Waals surface area (Å²) in [6.45, 7) is 6.22. The lowest BCUT2D eigenvalue weighted by molar-refractivity contribution is -0.274. The van der Waals surface area contributed by atoms with Crippen LogP contribution in [-0.4, -0.2) is 96.7 Å². The Kier molecular flexibility index (Phi) is 7.74. The van der Waals surface area contributed by atoms with Crippen molar-refractivity contribution in [3.05, 3.63) is 52.2 Å². The van der Waals surface area contributed by atoms with Crippen LogP contribution in [0.3, 0.4) is 0 Å². The van der Waals surface area contributed by atoms with E-state index in [1.807, 2.05) is 22.4 Å². The van der Waals surface area contributed by atoms with E-state index in [0.717, 1.165) is 36.6 Å². The molecule has 2 fully saturated rings. The highest BCUT2D eigenvalue weighted by molar-refractivity contribution is 7.12. The van der Waals surface area contributed by atoms with Gasteiger partial charge in [-0.05, 0) is 29.1 Å². The molecule has 0 spiro atoms. The fourth-order valence-electron chi connectivity index (χ4n) is 4.17. The molecule has 34 heavy (non-hydrogen) atoms. The van der Waals surface area contributed by atoms with Crippen LogP contribution in [0.5, 0.6) is 5.75 Å². The summed E-state index contributed by atoms with van der Waals surface area (Å²) in [5.41, 5.74) is 0.911. The summed E-state index contributed by atoms with van der Waals surface area (Å²) in [6.07, 6.45) is -4.69. The van der Waals surface area contributed by atoms with Gasteiger partial charge in [-0.3, -0.25) is 19.4 Å². The van der Waals surface area contributed by atoms with Gasteiger partial charge in [-0.1, -0.05) is 18.2 Å². The van der Waals surface area contributed by atoms with Crippen molar-refractivity contribution in [2.75, 3.05) is 58.9 Å². The zero-order chi connectivity index (χ0) is 24.1. The molecule has 0 aliphatic carbocycles. The summed E-state index contributed by atoms with van der Waals surface area (Å²) in [4.78, 5) is 33.9. The average molecular weight is 497 g/mol. The number of halogens is 3. The summed E-state index contributed by atoms with van der Waals surface area (Å²) < 4.78 is 40.8. The molecule has 4 rings (SSSR count). The van der Waals surface area contributed by atoms with Crippen LogP contribution < -0.4 is 4.74 Å². The van der Waals surface area contributed by atoms with Crippen molar-refractivity contribution in [3.63, 3.8) is 0 Å². The van der Waals surface area contributed by atoms with E-state index < -0.39 is 6.36 Å². The van der Waals surface area contributed by atoms with Crippen LogP contribution >= 0.6 is 11.3 Å². The van der Waals surface area contributed by atoms with Gasteiger partial charge in [-0.2, -0.15) is 0 Å². The Balaban J connectivity index is 1.16. The fraction of sp³-hybridized carbons (Fsp3) is 0.478. The Morgan fingerprint density at radius 1 is 0.853 bits per heavy atom. The molecule has 0 saturated carbocycles. The third-order valence-electron chi connectivity index (χ3n) is 6.04. The molecule has 3 heterocycles. The maximum Gasteiger partial charge on any atom is 0.573 e. The number of piperazine rings is 2. The Labute approximate surface area is 200 Å². The van der Waals surface area contributed by atoms with Crippen molar-refractivity contribution in [1.29, 1.82) is 0 Å². The molecule has 1 aromatic carbocycles. The van der Waals surface area contributed by atoms with E-state index in [2.05, 4.69) is 14.5 Å². The van der Waals surface area contributed by atoms with Crippen molar-refractivity contribution in [3.8, 4) is 5.75 Å². The van der Waals surface area contributed by atoms with Gasteiger partial charge >= 0.3 is 6.36 Å². The Morgan fingerprint density at radius 3 is 2.06 bits per heavy atom. The van der Waals surface area contributed by atoms with Gasteiger partial charge in [0.05, 0.1) is 11.4 Å². The van der Waals surface area contributed by atoms with Gasteiger partial charge in [0.1, 0.15) is 5.75 Å². The second-order valence-electron chi connectivity index (χ2n) is 8.39. The van der Waals surface area contributed by atoms with E-state index in [0.29, 0.717) is 39.3 Å². The lowest BCUT2D eigenvalue weighted by Crippen LogP contribution is -2.54. The minimum absolute atomic E-state index is 0.0285. The Morgan fingerprint density at radius 2 is 1.47 bits per heavy atom. The highest BCUT2D eigenvalue weighted by Crippen LogP contribution is 2.23. The normalized spacial score (nSPS) is 18.2. The van der Waals surface area contributed by atoms with Crippen LogP contribution in [0.15, 0.2) is 41.8 Å². The average Bonchev–Trinajstić information content (AvgIpc) is 3.35. The Bertz CT molecular complexity index is 953. The third-order valence-corrected chi connectivity index (χ3v) is 6.90. The second-order valence-corrected chi connectivity index (χ2v) is 9.34. The molecule has 7 nitrogen and oxygen atoms in total. The van der Waals surface area contributed by atoms with E-state index in [9.17, 15) is 22.8 Å². The first-order chi connectivity index (χ1) is 16.3. The molecule has 1 aromatic heterocycles. The molecular formula is C23H27F3N4O3S. The topological polar surface area (TPSA) is 56.3 Å².